The lowest BCUT2D eigenvalue weighted by molar-refractivity contribution is 0.0689. The van der Waals surface area contributed by atoms with Gasteiger partial charge in [-0.2, -0.15) is 5.10 Å². The van der Waals surface area contributed by atoms with Crippen molar-refractivity contribution in [1.29, 1.82) is 0 Å². The highest BCUT2D eigenvalue weighted by atomic mass is 19.1. The van der Waals surface area contributed by atoms with Crippen LogP contribution in [0.5, 0.6) is 5.75 Å². The number of ether oxygens (including phenoxy) is 1. The third-order valence-corrected chi connectivity index (χ3v) is 3.70. The Labute approximate surface area is 134 Å². The van der Waals surface area contributed by atoms with Gasteiger partial charge in [-0.15, -0.1) is 0 Å². The zero-order valence-electron chi connectivity index (χ0n) is 12.5. The SMILES string of the molecule is Cn1ncc(C(=O)O)c1C(=O)NC1COc2c(F)cc(F)cc2C1. The number of hydrogen-bond donors (Lipinski definition) is 2. The number of halogens is 2. The molecule has 0 saturated heterocycles. The Morgan fingerprint density at radius 2 is 2.17 bits per heavy atom. The number of nitrogens with zero attached hydrogens (tertiary/aromatic N) is 2. The molecular formula is C15H13F2N3O4. The summed E-state index contributed by atoms with van der Waals surface area (Å²) in [7, 11) is 1.44. The second-order valence-corrected chi connectivity index (χ2v) is 5.40. The minimum absolute atomic E-state index is 0.0124. The van der Waals surface area contributed by atoms with Crippen molar-refractivity contribution in [3.05, 3.63) is 46.8 Å². The van der Waals surface area contributed by atoms with E-state index < -0.39 is 29.6 Å². The molecular weight excluding hydrogens is 324 g/mol. The number of aromatic nitrogens is 2. The number of rotatable bonds is 3. The maximum atomic E-state index is 13.6. The first-order chi connectivity index (χ1) is 11.4. The smallest absolute Gasteiger partial charge is 0.339 e. The second kappa shape index (κ2) is 5.91. The Bertz CT molecular complexity index is 834. The fourth-order valence-electron chi connectivity index (χ4n) is 2.64. The summed E-state index contributed by atoms with van der Waals surface area (Å²) in [5.74, 6) is -3.49. The molecule has 2 N–H and O–H groups in total. The van der Waals surface area contributed by atoms with E-state index in [4.69, 9.17) is 9.84 Å². The number of hydrogen-bond acceptors (Lipinski definition) is 4. The van der Waals surface area contributed by atoms with Gasteiger partial charge in [-0.3, -0.25) is 9.48 Å². The number of carboxylic acid groups (broad SMARTS) is 1. The summed E-state index contributed by atoms with van der Waals surface area (Å²) in [6.45, 7) is -0.0124. The maximum Gasteiger partial charge on any atom is 0.339 e. The molecule has 3 rings (SSSR count). The summed E-state index contributed by atoms with van der Waals surface area (Å²) in [4.78, 5) is 23.5. The average Bonchev–Trinajstić information content (AvgIpc) is 2.88. The number of aryl methyl sites for hydroxylation is 1. The summed E-state index contributed by atoms with van der Waals surface area (Å²) in [5, 5.41) is 15.4. The van der Waals surface area contributed by atoms with E-state index in [1.165, 1.54) is 7.05 Å². The molecule has 24 heavy (non-hydrogen) atoms. The number of nitrogens with one attached hydrogen (secondary N) is 1. The van der Waals surface area contributed by atoms with Gasteiger partial charge in [-0.25, -0.2) is 13.6 Å². The van der Waals surface area contributed by atoms with E-state index in [2.05, 4.69) is 10.4 Å². The van der Waals surface area contributed by atoms with Crippen LogP contribution < -0.4 is 10.1 Å². The van der Waals surface area contributed by atoms with Crippen LogP contribution in [0.2, 0.25) is 0 Å². The van der Waals surface area contributed by atoms with Crippen molar-refractivity contribution in [2.24, 2.45) is 7.05 Å². The van der Waals surface area contributed by atoms with Crippen molar-refractivity contribution in [2.75, 3.05) is 6.61 Å². The zero-order chi connectivity index (χ0) is 17.4. The minimum Gasteiger partial charge on any atom is -0.488 e. The quantitative estimate of drug-likeness (QED) is 0.876. The van der Waals surface area contributed by atoms with Crippen LogP contribution in [-0.4, -0.2) is 39.4 Å². The molecule has 1 aromatic carbocycles. The molecule has 2 heterocycles. The van der Waals surface area contributed by atoms with Gasteiger partial charge in [0.05, 0.1) is 12.2 Å². The van der Waals surface area contributed by atoms with Gasteiger partial charge < -0.3 is 15.2 Å². The largest absolute Gasteiger partial charge is 0.488 e. The lowest BCUT2D eigenvalue weighted by Gasteiger charge is -2.26. The Morgan fingerprint density at radius 1 is 1.42 bits per heavy atom. The van der Waals surface area contributed by atoms with E-state index in [0.29, 0.717) is 5.56 Å². The third kappa shape index (κ3) is 2.80. The number of amides is 1. The number of aromatic carboxylic acids is 1. The van der Waals surface area contributed by atoms with Gasteiger partial charge in [0.2, 0.25) is 0 Å². The van der Waals surface area contributed by atoms with Crippen molar-refractivity contribution in [1.82, 2.24) is 15.1 Å². The molecule has 0 aliphatic carbocycles. The number of carbonyl (C=O) groups excluding carboxylic acids is 1. The molecule has 1 aliphatic rings. The predicted molar refractivity (Wildman–Crippen MR) is 77.0 cm³/mol. The monoisotopic (exact) mass is 337 g/mol. The van der Waals surface area contributed by atoms with Crippen LogP contribution >= 0.6 is 0 Å². The van der Waals surface area contributed by atoms with E-state index in [9.17, 15) is 18.4 Å². The lowest BCUT2D eigenvalue weighted by Crippen LogP contribution is -2.43. The summed E-state index contributed by atoms with van der Waals surface area (Å²) in [6.07, 6.45) is 1.24. The van der Waals surface area contributed by atoms with E-state index in [0.717, 1.165) is 23.0 Å². The highest BCUT2D eigenvalue weighted by Gasteiger charge is 2.28. The molecule has 126 valence electrons. The first-order valence-electron chi connectivity index (χ1n) is 7.03. The first kappa shape index (κ1) is 15.9. The van der Waals surface area contributed by atoms with Crippen LogP contribution in [0.15, 0.2) is 18.3 Å². The Balaban J connectivity index is 1.79. The standard InChI is InChI=1S/C15H13F2N3O4/c1-20-12(10(5-18-20)15(22)23)14(21)19-9-3-7-2-8(16)4-11(17)13(7)24-6-9/h2,4-5,9H,3,6H2,1H3,(H,19,21)(H,22,23). The molecule has 7 nitrogen and oxygen atoms in total. The normalized spacial score (nSPS) is 16.2. The Kier molecular flexibility index (Phi) is 3.92. The molecule has 1 atom stereocenters. The number of fused-ring (bicyclic) bond motifs is 1. The van der Waals surface area contributed by atoms with Gasteiger partial charge in [0.25, 0.3) is 5.91 Å². The fourth-order valence-corrected chi connectivity index (χ4v) is 2.64. The fraction of sp³-hybridized carbons (Fsp3) is 0.267. The van der Waals surface area contributed by atoms with Crippen molar-refractivity contribution < 1.29 is 28.2 Å². The first-order valence-corrected chi connectivity index (χ1v) is 7.03. The molecule has 0 radical (unpaired) electrons. The van der Waals surface area contributed by atoms with Gasteiger partial charge in [-0.05, 0) is 12.5 Å². The van der Waals surface area contributed by atoms with Crippen molar-refractivity contribution in [3.8, 4) is 5.75 Å². The summed E-state index contributed by atoms with van der Waals surface area (Å²) in [6, 6.07) is 1.32. The molecule has 0 bridgehead atoms. The van der Waals surface area contributed by atoms with E-state index in [-0.39, 0.29) is 30.0 Å². The molecule has 9 heteroatoms. The summed E-state index contributed by atoms with van der Waals surface area (Å²) < 4.78 is 33.3. The van der Waals surface area contributed by atoms with E-state index in [1.807, 2.05) is 0 Å². The molecule has 1 aliphatic heterocycles. The Hall–Kier alpha value is -2.97. The number of benzene rings is 1. The van der Waals surface area contributed by atoms with Gasteiger partial charge >= 0.3 is 5.97 Å². The van der Waals surface area contributed by atoms with Crippen LogP contribution in [0.3, 0.4) is 0 Å². The van der Waals surface area contributed by atoms with Crippen LogP contribution in [-0.2, 0) is 13.5 Å². The van der Waals surface area contributed by atoms with Gasteiger partial charge in [0.1, 0.15) is 23.7 Å². The van der Waals surface area contributed by atoms with Gasteiger partial charge in [0, 0.05) is 18.7 Å². The number of carbonyl (C=O) groups is 2. The molecule has 0 spiro atoms. The molecule has 1 aromatic heterocycles. The molecule has 2 aromatic rings. The second-order valence-electron chi connectivity index (χ2n) is 5.40. The van der Waals surface area contributed by atoms with Crippen LogP contribution in [0.4, 0.5) is 8.78 Å². The average molecular weight is 337 g/mol. The van der Waals surface area contributed by atoms with Crippen LogP contribution in [0.25, 0.3) is 0 Å². The third-order valence-electron chi connectivity index (χ3n) is 3.70. The maximum absolute atomic E-state index is 13.6. The Morgan fingerprint density at radius 3 is 2.88 bits per heavy atom. The zero-order valence-corrected chi connectivity index (χ0v) is 12.5. The molecule has 0 saturated carbocycles. The van der Waals surface area contributed by atoms with Crippen molar-refractivity contribution >= 4 is 11.9 Å². The summed E-state index contributed by atoms with van der Waals surface area (Å²) in [5.41, 5.74) is -0.0459. The van der Waals surface area contributed by atoms with Gasteiger partial charge in [0.15, 0.2) is 11.6 Å². The van der Waals surface area contributed by atoms with E-state index in [1.54, 1.807) is 0 Å². The predicted octanol–water partition coefficient (Wildman–Crippen LogP) is 1.13. The topological polar surface area (TPSA) is 93.5 Å². The van der Waals surface area contributed by atoms with E-state index >= 15 is 0 Å². The number of carboxylic acids is 1. The molecule has 1 unspecified atom stereocenters. The van der Waals surface area contributed by atoms with Gasteiger partial charge in [-0.1, -0.05) is 0 Å². The highest BCUT2D eigenvalue weighted by molar-refractivity contribution is 6.03. The highest BCUT2D eigenvalue weighted by Crippen LogP contribution is 2.29. The summed E-state index contributed by atoms with van der Waals surface area (Å²) >= 11 is 0. The van der Waals surface area contributed by atoms with Crippen molar-refractivity contribution in [3.63, 3.8) is 0 Å². The lowest BCUT2D eigenvalue weighted by atomic mass is 10.0. The van der Waals surface area contributed by atoms with Crippen molar-refractivity contribution in [2.45, 2.75) is 12.5 Å². The molecule has 1 amide bonds. The minimum atomic E-state index is -1.28. The van der Waals surface area contributed by atoms with Crippen LogP contribution in [0, 0.1) is 11.6 Å². The molecule has 0 fully saturated rings. The van der Waals surface area contributed by atoms with Crippen LogP contribution in [0.1, 0.15) is 26.4 Å².